The number of aryl methyl sites for hydroxylation is 1. The maximum absolute atomic E-state index is 12.1. The van der Waals surface area contributed by atoms with Gasteiger partial charge in [-0.2, -0.15) is 4.31 Å². The van der Waals surface area contributed by atoms with Crippen molar-refractivity contribution in [1.29, 1.82) is 0 Å². The third kappa shape index (κ3) is 3.25. The van der Waals surface area contributed by atoms with Gasteiger partial charge in [-0.25, -0.2) is 8.42 Å². The van der Waals surface area contributed by atoms with E-state index in [1.165, 1.54) is 18.2 Å². The first-order valence-electron chi connectivity index (χ1n) is 5.13. The predicted octanol–water partition coefficient (Wildman–Crippen LogP) is 1.37. The Balaban J connectivity index is 3.10. The zero-order chi connectivity index (χ0) is 12.9. The molecule has 0 spiro atoms. The fourth-order valence-corrected chi connectivity index (χ4v) is 2.69. The third-order valence-corrected chi connectivity index (χ3v) is 4.12. The molecule has 92 valence electrons. The van der Waals surface area contributed by atoms with Crippen molar-refractivity contribution < 1.29 is 13.2 Å². The van der Waals surface area contributed by atoms with Crippen molar-refractivity contribution in [2.24, 2.45) is 0 Å². The van der Waals surface area contributed by atoms with Gasteiger partial charge in [-0.3, -0.25) is 0 Å². The highest BCUT2D eigenvalue weighted by atomic mass is 32.2. The van der Waals surface area contributed by atoms with Crippen LogP contribution in [0.4, 0.5) is 0 Å². The molecule has 0 aliphatic carbocycles. The number of nitrogens with zero attached hydrogens (tertiary/aromatic N) is 1. The SMILES string of the molecule is C=CCN(CC=O)S(=O)(=O)c1ccc(C)cc1. The van der Waals surface area contributed by atoms with Crippen LogP contribution in [0.25, 0.3) is 0 Å². The highest BCUT2D eigenvalue weighted by Gasteiger charge is 2.22. The quantitative estimate of drug-likeness (QED) is 0.568. The van der Waals surface area contributed by atoms with Gasteiger partial charge in [-0.05, 0) is 19.1 Å². The standard InChI is InChI=1S/C12H15NO3S/c1-3-8-13(9-10-14)17(15,16)12-6-4-11(2)5-7-12/h3-7,10H,1,8-9H2,2H3. The molecule has 1 rings (SSSR count). The average Bonchev–Trinajstić information content (AvgIpc) is 2.29. The zero-order valence-corrected chi connectivity index (χ0v) is 10.5. The summed E-state index contributed by atoms with van der Waals surface area (Å²) in [4.78, 5) is 10.7. The van der Waals surface area contributed by atoms with Crippen LogP contribution in [0.15, 0.2) is 41.8 Å². The van der Waals surface area contributed by atoms with Crippen LogP contribution in [0, 0.1) is 6.92 Å². The van der Waals surface area contributed by atoms with E-state index in [-0.39, 0.29) is 18.0 Å². The summed E-state index contributed by atoms with van der Waals surface area (Å²) >= 11 is 0. The summed E-state index contributed by atoms with van der Waals surface area (Å²) in [5.74, 6) is 0. The number of rotatable bonds is 6. The van der Waals surface area contributed by atoms with Gasteiger partial charge in [-0.15, -0.1) is 6.58 Å². The highest BCUT2D eigenvalue weighted by molar-refractivity contribution is 7.89. The van der Waals surface area contributed by atoms with Crippen molar-refractivity contribution in [3.8, 4) is 0 Å². The van der Waals surface area contributed by atoms with E-state index < -0.39 is 10.0 Å². The zero-order valence-electron chi connectivity index (χ0n) is 9.67. The lowest BCUT2D eigenvalue weighted by Crippen LogP contribution is -2.32. The van der Waals surface area contributed by atoms with Crippen LogP contribution in [0.5, 0.6) is 0 Å². The molecule has 0 radical (unpaired) electrons. The lowest BCUT2D eigenvalue weighted by Gasteiger charge is -2.18. The van der Waals surface area contributed by atoms with Gasteiger partial charge in [-0.1, -0.05) is 23.8 Å². The number of benzene rings is 1. The number of sulfonamides is 1. The first kappa shape index (κ1) is 13.6. The Morgan fingerprint density at radius 1 is 1.24 bits per heavy atom. The van der Waals surface area contributed by atoms with Gasteiger partial charge >= 0.3 is 0 Å². The highest BCUT2D eigenvalue weighted by Crippen LogP contribution is 2.15. The van der Waals surface area contributed by atoms with E-state index in [4.69, 9.17) is 0 Å². The molecule has 0 amide bonds. The molecular weight excluding hydrogens is 238 g/mol. The lowest BCUT2D eigenvalue weighted by atomic mass is 10.2. The van der Waals surface area contributed by atoms with Gasteiger partial charge in [0, 0.05) is 6.54 Å². The van der Waals surface area contributed by atoms with E-state index in [9.17, 15) is 13.2 Å². The summed E-state index contributed by atoms with van der Waals surface area (Å²) in [5, 5.41) is 0. The summed E-state index contributed by atoms with van der Waals surface area (Å²) in [7, 11) is -3.61. The Morgan fingerprint density at radius 3 is 2.29 bits per heavy atom. The monoisotopic (exact) mass is 253 g/mol. The summed E-state index contributed by atoms with van der Waals surface area (Å²) in [6, 6.07) is 6.51. The molecule has 1 aromatic carbocycles. The first-order valence-corrected chi connectivity index (χ1v) is 6.57. The molecule has 0 saturated heterocycles. The van der Waals surface area contributed by atoms with Crippen LogP contribution < -0.4 is 0 Å². The van der Waals surface area contributed by atoms with Crippen LogP contribution in [0.1, 0.15) is 5.56 Å². The predicted molar refractivity (Wildman–Crippen MR) is 66.2 cm³/mol. The van der Waals surface area contributed by atoms with Gasteiger partial charge in [0.15, 0.2) is 0 Å². The fraction of sp³-hybridized carbons (Fsp3) is 0.250. The number of hydrogen-bond acceptors (Lipinski definition) is 3. The van der Waals surface area contributed by atoms with Crippen LogP contribution in [0.2, 0.25) is 0 Å². The molecule has 0 bridgehead atoms. The number of carbonyl (C=O) groups is 1. The second-order valence-corrected chi connectivity index (χ2v) is 5.53. The van der Waals surface area contributed by atoms with E-state index in [2.05, 4.69) is 6.58 Å². The molecule has 0 aliphatic rings. The van der Waals surface area contributed by atoms with E-state index in [1.807, 2.05) is 6.92 Å². The Morgan fingerprint density at radius 2 is 1.82 bits per heavy atom. The molecule has 0 N–H and O–H groups in total. The van der Waals surface area contributed by atoms with Crippen molar-refractivity contribution in [1.82, 2.24) is 4.31 Å². The third-order valence-electron chi connectivity index (χ3n) is 2.27. The van der Waals surface area contributed by atoms with E-state index in [0.717, 1.165) is 9.87 Å². The van der Waals surface area contributed by atoms with Crippen LogP contribution in [-0.4, -0.2) is 32.1 Å². The summed E-state index contributed by atoms with van der Waals surface area (Å²) in [6.45, 7) is 5.32. The molecule has 0 atom stereocenters. The van der Waals surface area contributed by atoms with Crippen LogP contribution >= 0.6 is 0 Å². The summed E-state index contributed by atoms with van der Waals surface area (Å²) in [6.07, 6.45) is 2.02. The largest absolute Gasteiger partial charge is 0.302 e. The minimum atomic E-state index is -3.61. The topological polar surface area (TPSA) is 54.5 Å². The normalized spacial score (nSPS) is 11.4. The molecule has 1 aromatic rings. The molecule has 0 fully saturated rings. The van der Waals surface area contributed by atoms with Crippen LogP contribution in [-0.2, 0) is 14.8 Å². The molecule has 0 aliphatic heterocycles. The van der Waals surface area contributed by atoms with Gasteiger partial charge in [0.2, 0.25) is 10.0 Å². The maximum atomic E-state index is 12.1. The second kappa shape index (κ2) is 5.75. The lowest BCUT2D eigenvalue weighted by molar-refractivity contribution is -0.108. The minimum absolute atomic E-state index is 0.120. The Hall–Kier alpha value is -1.46. The number of aldehydes is 1. The molecular formula is C12H15NO3S. The van der Waals surface area contributed by atoms with Crippen molar-refractivity contribution in [3.63, 3.8) is 0 Å². The van der Waals surface area contributed by atoms with Gasteiger partial charge in [0.05, 0.1) is 11.4 Å². The summed E-state index contributed by atoms with van der Waals surface area (Å²) in [5.41, 5.74) is 0.981. The minimum Gasteiger partial charge on any atom is -0.302 e. The van der Waals surface area contributed by atoms with Crippen molar-refractivity contribution in [3.05, 3.63) is 42.5 Å². The van der Waals surface area contributed by atoms with Gasteiger partial charge < -0.3 is 4.79 Å². The molecule has 17 heavy (non-hydrogen) atoms. The van der Waals surface area contributed by atoms with E-state index in [1.54, 1.807) is 12.1 Å². The Bertz CT molecular complexity index is 481. The van der Waals surface area contributed by atoms with E-state index in [0.29, 0.717) is 6.29 Å². The van der Waals surface area contributed by atoms with Gasteiger partial charge in [0.25, 0.3) is 0 Å². The van der Waals surface area contributed by atoms with Gasteiger partial charge in [0.1, 0.15) is 6.29 Å². The molecule has 0 heterocycles. The fourth-order valence-electron chi connectivity index (χ4n) is 1.36. The first-order chi connectivity index (χ1) is 8.02. The second-order valence-electron chi connectivity index (χ2n) is 3.59. The Labute approximate surface area is 102 Å². The average molecular weight is 253 g/mol. The van der Waals surface area contributed by atoms with Crippen molar-refractivity contribution in [2.75, 3.05) is 13.1 Å². The molecule has 4 nitrogen and oxygen atoms in total. The molecule has 0 aromatic heterocycles. The summed E-state index contributed by atoms with van der Waals surface area (Å²) < 4.78 is 25.4. The number of hydrogen-bond donors (Lipinski definition) is 0. The van der Waals surface area contributed by atoms with Crippen molar-refractivity contribution >= 4 is 16.3 Å². The van der Waals surface area contributed by atoms with E-state index >= 15 is 0 Å². The van der Waals surface area contributed by atoms with Crippen LogP contribution in [0.3, 0.4) is 0 Å². The molecule has 0 unspecified atom stereocenters. The number of carbonyl (C=O) groups excluding carboxylic acids is 1. The Kier molecular flexibility index (Phi) is 4.60. The molecule has 0 saturated carbocycles. The van der Waals surface area contributed by atoms with Crippen molar-refractivity contribution in [2.45, 2.75) is 11.8 Å². The maximum Gasteiger partial charge on any atom is 0.243 e. The smallest absolute Gasteiger partial charge is 0.243 e. The molecule has 5 heteroatoms.